The number of rotatable bonds is 9. The van der Waals surface area contributed by atoms with E-state index in [4.69, 9.17) is 9.47 Å². The van der Waals surface area contributed by atoms with Crippen LogP contribution >= 0.6 is 0 Å². The van der Waals surface area contributed by atoms with Gasteiger partial charge in [-0.05, 0) is 67.6 Å². The zero-order chi connectivity index (χ0) is 19.2. The topological polar surface area (TPSA) is 21.7 Å². The van der Waals surface area contributed by atoms with Crippen molar-refractivity contribution in [3.8, 4) is 11.5 Å². The van der Waals surface area contributed by atoms with Gasteiger partial charge in [-0.2, -0.15) is 0 Å². The maximum atomic E-state index is 6.11. The van der Waals surface area contributed by atoms with Gasteiger partial charge in [0.05, 0.1) is 19.7 Å². The molecule has 1 saturated heterocycles. The molecule has 2 aromatic rings. The van der Waals surface area contributed by atoms with Gasteiger partial charge in [0.25, 0.3) is 0 Å². The fraction of sp³-hybridized carbons (Fsp3) is 0.417. The highest BCUT2D eigenvalue weighted by molar-refractivity contribution is 5.51. The molecular formula is C24H31NO2. The molecule has 2 aromatic carbocycles. The number of anilines is 1. The Morgan fingerprint density at radius 2 is 1.70 bits per heavy atom. The summed E-state index contributed by atoms with van der Waals surface area (Å²) in [6.07, 6.45) is 2.31. The second kappa shape index (κ2) is 8.98. The van der Waals surface area contributed by atoms with Crippen molar-refractivity contribution >= 4 is 5.69 Å². The summed E-state index contributed by atoms with van der Waals surface area (Å²) >= 11 is 0. The van der Waals surface area contributed by atoms with Gasteiger partial charge in [0, 0.05) is 5.69 Å². The fourth-order valence-electron chi connectivity index (χ4n) is 3.40. The number of nitrogens with zero attached hydrogens (tertiary/aromatic N) is 1. The van der Waals surface area contributed by atoms with E-state index in [1.807, 2.05) is 12.1 Å². The van der Waals surface area contributed by atoms with Crippen LogP contribution in [0.25, 0.3) is 0 Å². The van der Waals surface area contributed by atoms with Gasteiger partial charge >= 0.3 is 0 Å². The average Bonchev–Trinajstić information content (AvgIpc) is 2.63. The third kappa shape index (κ3) is 5.29. The molecule has 0 aromatic heterocycles. The van der Waals surface area contributed by atoms with E-state index < -0.39 is 0 Å². The largest absolute Gasteiger partial charge is 0.494 e. The van der Waals surface area contributed by atoms with Gasteiger partial charge in [0.2, 0.25) is 0 Å². The monoisotopic (exact) mass is 365 g/mol. The first-order chi connectivity index (χ1) is 13.0. The molecule has 0 unspecified atom stereocenters. The van der Waals surface area contributed by atoms with E-state index in [1.54, 1.807) is 0 Å². The zero-order valence-electron chi connectivity index (χ0n) is 16.8. The molecule has 1 atom stereocenters. The maximum absolute atomic E-state index is 6.11. The summed E-state index contributed by atoms with van der Waals surface area (Å²) in [5, 5.41) is 0. The summed E-state index contributed by atoms with van der Waals surface area (Å²) in [6.45, 7) is 13.1. The van der Waals surface area contributed by atoms with Crippen molar-refractivity contribution < 1.29 is 9.47 Å². The lowest BCUT2D eigenvalue weighted by atomic mass is 9.95. The predicted molar refractivity (Wildman–Crippen MR) is 113 cm³/mol. The molecular weight excluding hydrogens is 334 g/mol. The minimum absolute atomic E-state index is 0.250. The maximum Gasteiger partial charge on any atom is 0.133 e. The van der Waals surface area contributed by atoms with E-state index >= 15 is 0 Å². The summed E-state index contributed by atoms with van der Waals surface area (Å²) in [5.41, 5.74) is 3.79. The van der Waals surface area contributed by atoms with Gasteiger partial charge in [-0.1, -0.05) is 31.6 Å². The van der Waals surface area contributed by atoms with Crippen LogP contribution < -0.4 is 14.4 Å². The van der Waals surface area contributed by atoms with Gasteiger partial charge < -0.3 is 14.4 Å². The molecule has 3 rings (SSSR count). The average molecular weight is 366 g/mol. The fourth-order valence-corrected chi connectivity index (χ4v) is 3.40. The normalized spacial score (nSPS) is 15.1. The van der Waals surface area contributed by atoms with Crippen molar-refractivity contribution in [2.45, 2.75) is 45.6 Å². The van der Waals surface area contributed by atoms with Crippen molar-refractivity contribution in [3.05, 3.63) is 66.2 Å². The number of ether oxygens (including phenoxy) is 2. The number of hydrogen-bond donors (Lipinski definition) is 0. The molecule has 1 heterocycles. The van der Waals surface area contributed by atoms with Crippen LogP contribution in [0.3, 0.4) is 0 Å². The Morgan fingerprint density at radius 3 is 2.30 bits per heavy atom. The number of allylic oxidation sites excluding steroid dienone is 1. The van der Waals surface area contributed by atoms with Gasteiger partial charge in [-0.15, -0.1) is 6.58 Å². The number of benzene rings is 2. The van der Waals surface area contributed by atoms with Crippen molar-refractivity contribution in [2.75, 3.05) is 24.6 Å². The van der Waals surface area contributed by atoms with Crippen molar-refractivity contribution in [2.24, 2.45) is 0 Å². The molecule has 0 aliphatic carbocycles. The Hall–Kier alpha value is -2.42. The van der Waals surface area contributed by atoms with Crippen LogP contribution in [0.1, 0.15) is 45.1 Å². The second-order valence-electron chi connectivity index (χ2n) is 7.62. The molecule has 0 radical (unpaired) electrons. The van der Waals surface area contributed by atoms with Gasteiger partial charge in [0.1, 0.15) is 17.6 Å². The Balaban J connectivity index is 1.46. The Bertz CT molecular complexity index is 730. The van der Waals surface area contributed by atoms with E-state index in [0.717, 1.165) is 44.0 Å². The van der Waals surface area contributed by atoms with Crippen LogP contribution in [0.5, 0.6) is 11.5 Å². The summed E-state index contributed by atoms with van der Waals surface area (Å²) in [4.78, 5) is 2.33. The SMILES string of the molecule is C=C(C)C[C@@H](C)c1ccc(OC2CN(c3ccc(OCCC)cc3)C2)cc1. The van der Waals surface area contributed by atoms with E-state index in [-0.39, 0.29) is 6.10 Å². The molecule has 27 heavy (non-hydrogen) atoms. The lowest BCUT2D eigenvalue weighted by Gasteiger charge is -2.40. The van der Waals surface area contributed by atoms with Crippen LogP contribution in [0.2, 0.25) is 0 Å². The summed E-state index contributed by atoms with van der Waals surface area (Å²) < 4.78 is 11.8. The lowest BCUT2D eigenvalue weighted by Crippen LogP contribution is -2.54. The molecule has 0 saturated carbocycles. The quantitative estimate of drug-likeness (QED) is 0.523. The highest BCUT2D eigenvalue weighted by atomic mass is 16.5. The van der Waals surface area contributed by atoms with Crippen LogP contribution in [0.4, 0.5) is 5.69 Å². The molecule has 0 spiro atoms. The van der Waals surface area contributed by atoms with Crippen LogP contribution in [0, 0.1) is 0 Å². The summed E-state index contributed by atoms with van der Waals surface area (Å²) in [5.74, 6) is 2.39. The standard InChI is InChI=1S/C24H31NO2/c1-5-14-26-22-12-8-21(9-13-22)25-16-24(17-25)27-23-10-6-20(7-11-23)19(4)15-18(2)3/h6-13,19,24H,2,5,14-17H2,1,3-4H3/t19-/m1/s1. The first-order valence-corrected chi connectivity index (χ1v) is 9.94. The summed E-state index contributed by atoms with van der Waals surface area (Å²) in [7, 11) is 0. The molecule has 3 heteroatoms. The molecule has 3 nitrogen and oxygen atoms in total. The molecule has 144 valence electrons. The smallest absolute Gasteiger partial charge is 0.133 e. The van der Waals surface area contributed by atoms with Crippen molar-refractivity contribution in [1.82, 2.24) is 0 Å². The van der Waals surface area contributed by atoms with Crippen LogP contribution in [-0.4, -0.2) is 25.8 Å². The molecule has 1 fully saturated rings. The van der Waals surface area contributed by atoms with Crippen molar-refractivity contribution in [1.29, 1.82) is 0 Å². The summed E-state index contributed by atoms with van der Waals surface area (Å²) in [6, 6.07) is 16.9. The van der Waals surface area contributed by atoms with Gasteiger partial charge in [-0.3, -0.25) is 0 Å². The van der Waals surface area contributed by atoms with E-state index in [0.29, 0.717) is 5.92 Å². The van der Waals surface area contributed by atoms with Crippen LogP contribution in [-0.2, 0) is 0 Å². The van der Waals surface area contributed by atoms with Crippen molar-refractivity contribution in [3.63, 3.8) is 0 Å². The molecule has 0 amide bonds. The molecule has 1 aliphatic rings. The van der Waals surface area contributed by atoms with E-state index in [9.17, 15) is 0 Å². The number of hydrogen-bond acceptors (Lipinski definition) is 3. The van der Waals surface area contributed by atoms with E-state index in [2.05, 4.69) is 68.6 Å². The lowest BCUT2D eigenvalue weighted by molar-refractivity contribution is 0.167. The third-order valence-corrected chi connectivity index (χ3v) is 4.93. The zero-order valence-corrected chi connectivity index (χ0v) is 16.8. The highest BCUT2D eigenvalue weighted by Crippen LogP contribution is 2.28. The first kappa shape index (κ1) is 19.3. The third-order valence-electron chi connectivity index (χ3n) is 4.93. The molecule has 1 aliphatic heterocycles. The van der Waals surface area contributed by atoms with E-state index in [1.165, 1.54) is 16.8 Å². The van der Waals surface area contributed by atoms with Crippen LogP contribution in [0.15, 0.2) is 60.7 Å². The highest BCUT2D eigenvalue weighted by Gasteiger charge is 2.28. The Labute approximate surface area is 163 Å². The predicted octanol–water partition coefficient (Wildman–Crippen LogP) is 5.81. The minimum atomic E-state index is 0.250. The Kier molecular flexibility index (Phi) is 6.44. The Morgan fingerprint density at radius 1 is 1.07 bits per heavy atom. The minimum Gasteiger partial charge on any atom is -0.494 e. The first-order valence-electron chi connectivity index (χ1n) is 9.94. The van der Waals surface area contributed by atoms with Gasteiger partial charge in [0.15, 0.2) is 0 Å². The second-order valence-corrected chi connectivity index (χ2v) is 7.62. The molecule has 0 bridgehead atoms. The van der Waals surface area contributed by atoms with Gasteiger partial charge in [-0.25, -0.2) is 0 Å². The molecule has 0 N–H and O–H groups in total.